The van der Waals surface area contributed by atoms with Crippen LogP contribution in [0.2, 0.25) is 0 Å². The molecule has 0 N–H and O–H groups in total. The predicted octanol–water partition coefficient (Wildman–Crippen LogP) is 4.69. The van der Waals surface area contributed by atoms with Gasteiger partial charge in [0.05, 0.1) is 35.0 Å². The van der Waals surface area contributed by atoms with E-state index in [2.05, 4.69) is 6.92 Å². The Balaban J connectivity index is 2.49. The molecule has 0 spiro atoms. The van der Waals surface area contributed by atoms with Crippen LogP contribution in [-0.2, 0) is 28.1 Å². The number of methoxy groups -OCH3 is 1. The van der Waals surface area contributed by atoms with Crippen molar-refractivity contribution in [2.75, 3.05) is 7.11 Å². The average Bonchev–Trinajstić information content (AvgIpc) is 2.96. The molecule has 2 aliphatic heterocycles. The van der Waals surface area contributed by atoms with Crippen LogP contribution in [-0.4, -0.2) is 49.7 Å². The highest BCUT2D eigenvalue weighted by Gasteiger charge is 2.58. The van der Waals surface area contributed by atoms with Crippen molar-refractivity contribution in [1.29, 1.82) is 0 Å². The Morgan fingerprint density at radius 2 is 1.17 bits per heavy atom. The van der Waals surface area contributed by atoms with Crippen LogP contribution < -0.4 is 0 Å². The number of unbranched alkanes of at least 4 members (excludes halogenated alkanes) is 3. The van der Waals surface area contributed by atoms with E-state index in [4.69, 9.17) is 23.4 Å². The Hall–Kier alpha value is -0.820. The van der Waals surface area contributed by atoms with Gasteiger partial charge in [-0.1, -0.05) is 32.6 Å². The first kappa shape index (κ1) is 25.4. The maximum Gasteiger partial charge on any atom is 0.501 e. The highest BCUT2D eigenvalue weighted by atomic mass is 16.7. The highest BCUT2D eigenvalue weighted by molar-refractivity contribution is 6.67. The monoisotopic (exact) mass is 422 g/mol. The summed E-state index contributed by atoms with van der Waals surface area (Å²) in [5.74, 6) is -0.464. The van der Waals surface area contributed by atoms with E-state index < -0.39 is 42.6 Å². The molecule has 0 saturated carbocycles. The number of allylic oxidation sites excluding steroid dienone is 1. The minimum Gasteiger partial charge on any atom is -0.466 e. The zero-order valence-electron chi connectivity index (χ0n) is 20.6. The van der Waals surface area contributed by atoms with Crippen molar-refractivity contribution in [3.8, 4) is 0 Å². The molecule has 0 radical (unpaired) electrons. The van der Waals surface area contributed by atoms with Crippen molar-refractivity contribution >= 4 is 20.2 Å². The molecule has 2 fully saturated rings. The third kappa shape index (κ3) is 4.98. The summed E-state index contributed by atoms with van der Waals surface area (Å²) in [5, 5.41) is 0. The molecule has 2 heterocycles. The third-order valence-corrected chi connectivity index (χ3v) is 7.08. The molecule has 2 aliphatic rings. The summed E-state index contributed by atoms with van der Waals surface area (Å²) in [6.07, 6.45) is 4.92. The zero-order valence-corrected chi connectivity index (χ0v) is 20.6. The Kier molecular flexibility index (Phi) is 7.61. The molecular formula is C22H40B2O6. The summed E-state index contributed by atoms with van der Waals surface area (Å²) in [5.41, 5.74) is -1.03. The largest absolute Gasteiger partial charge is 0.501 e. The van der Waals surface area contributed by atoms with Gasteiger partial charge in [-0.25, -0.2) is 4.79 Å². The second-order valence-corrected chi connectivity index (χ2v) is 10.4. The van der Waals surface area contributed by atoms with Crippen LogP contribution in [0.15, 0.2) is 10.9 Å². The van der Waals surface area contributed by atoms with Crippen molar-refractivity contribution in [3.63, 3.8) is 0 Å². The van der Waals surface area contributed by atoms with Crippen LogP contribution in [0.5, 0.6) is 0 Å². The smallest absolute Gasteiger partial charge is 0.466 e. The van der Waals surface area contributed by atoms with Gasteiger partial charge in [0, 0.05) is 0 Å². The number of carbonyl (C=O) groups is 1. The molecule has 0 unspecified atom stereocenters. The molecule has 0 aromatic heterocycles. The van der Waals surface area contributed by atoms with Crippen LogP contribution in [0, 0.1) is 0 Å². The minimum absolute atomic E-state index is 0.367. The Labute approximate surface area is 183 Å². The Bertz CT molecular complexity index is 637. The van der Waals surface area contributed by atoms with Crippen LogP contribution in [0.1, 0.15) is 94.4 Å². The van der Waals surface area contributed by atoms with Crippen molar-refractivity contribution in [2.45, 2.75) is 117 Å². The van der Waals surface area contributed by atoms with Gasteiger partial charge in [0.1, 0.15) is 0 Å². The van der Waals surface area contributed by atoms with Crippen LogP contribution in [0.4, 0.5) is 0 Å². The molecule has 0 atom stereocenters. The van der Waals surface area contributed by atoms with E-state index >= 15 is 0 Å². The van der Waals surface area contributed by atoms with Crippen molar-refractivity contribution in [3.05, 3.63) is 10.9 Å². The first-order valence-electron chi connectivity index (χ1n) is 11.2. The fourth-order valence-electron chi connectivity index (χ4n) is 3.56. The fraction of sp³-hybridized carbons (Fsp3) is 0.864. The standard InChI is InChI=1S/C22H40B2O6/c1-11-12-13-14-15-16(23-27-19(2,3)20(4,5)28-23)17(18(25)26-10)24-29-21(6,7)22(8,9)30-24/h11-15H2,1-10H3. The molecule has 2 rings (SSSR count). The summed E-state index contributed by atoms with van der Waals surface area (Å²) in [4.78, 5) is 13.0. The third-order valence-electron chi connectivity index (χ3n) is 7.08. The molecule has 0 bridgehead atoms. The predicted molar refractivity (Wildman–Crippen MR) is 120 cm³/mol. The van der Waals surface area contributed by atoms with Gasteiger partial charge in [-0.05, 0) is 67.3 Å². The molecule has 0 aromatic rings. The summed E-state index contributed by atoms with van der Waals surface area (Å²) in [6, 6.07) is 0. The fourth-order valence-corrected chi connectivity index (χ4v) is 3.56. The maximum atomic E-state index is 13.0. The van der Waals surface area contributed by atoms with Crippen LogP contribution >= 0.6 is 0 Å². The maximum absolute atomic E-state index is 13.0. The normalized spacial score (nSPS) is 24.7. The molecule has 30 heavy (non-hydrogen) atoms. The van der Waals surface area contributed by atoms with Gasteiger partial charge in [0.2, 0.25) is 0 Å². The lowest BCUT2D eigenvalue weighted by molar-refractivity contribution is -0.135. The first-order chi connectivity index (χ1) is 13.7. The Morgan fingerprint density at radius 1 is 0.733 bits per heavy atom. The molecule has 8 heteroatoms. The molecule has 6 nitrogen and oxygen atoms in total. The molecule has 2 saturated heterocycles. The van der Waals surface area contributed by atoms with Gasteiger partial charge in [-0.2, -0.15) is 0 Å². The number of hydrogen-bond donors (Lipinski definition) is 0. The molecule has 0 amide bonds. The lowest BCUT2D eigenvalue weighted by Crippen LogP contribution is -2.41. The van der Waals surface area contributed by atoms with E-state index in [1.165, 1.54) is 7.11 Å². The van der Waals surface area contributed by atoms with Gasteiger partial charge >= 0.3 is 20.2 Å². The number of rotatable bonds is 8. The number of ether oxygens (including phenoxy) is 1. The van der Waals surface area contributed by atoms with E-state index in [1.54, 1.807) is 0 Å². The summed E-state index contributed by atoms with van der Waals surface area (Å²) in [6.45, 7) is 18.1. The molecule has 0 aromatic carbocycles. The van der Waals surface area contributed by atoms with Crippen molar-refractivity contribution in [2.24, 2.45) is 0 Å². The summed E-state index contributed by atoms with van der Waals surface area (Å²) < 4.78 is 30.3. The van der Waals surface area contributed by atoms with Gasteiger partial charge in [0.25, 0.3) is 0 Å². The molecular weight excluding hydrogens is 382 g/mol. The van der Waals surface area contributed by atoms with E-state index in [0.29, 0.717) is 11.9 Å². The second kappa shape index (κ2) is 8.97. The topological polar surface area (TPSA) is 63.2 Å². The first-order valence-corrected chi connectivity index (χ1v) is 11.2. The van der Waals surface area contributed by atoms with Gasteiger partial charge in [-0.15, -0.1) is 0 Å². The van der Waals surface area contributed by atoms with Gasteiger partial charge < -0.3 is 23.4 Å². The quantitative estimate of drug-likeness (QED) is 0.245. The lowest BCUT2D eigenvalue weighted by atomic mass is 9.63. The van der Waals surface area contributed by atoms with E-state index in [0.717, 1.165) is 31.2 Å². The number of esters is 1. The summed E-state index contributed by atoms with van der Waals surface area (Å²) in [7, 11) is -0.0978. The van der Waals surface area contributed by atoms with Crippen molar-refractivity contribution < 1.29 is 28.1 Å². The lowest BCUT2D eigenvalue weighted by Gasteiger charge is -2.32. The average molecular weight is 422 g/mol. The van der Waals surface area contributed by atoms with E-state index in [1.807, 2.05) is 55.4 Å². The number of carbonyl (C=O) groups excluding carboxylic acids is 1. The summed E-state index contributed by atoms with van der Waals surface area (Å²) >= 11 is 0. The highest BCUT2D eigenvalue weighted by Crippen LogP contribution is 2.43. The number of hydrogen-bond acceptors (Lipinski definition) is 6. The minimum atomic E-state index is -0.831. The molecule has 0 aliphatic carbocycles. The van der Waals surface area contributed by atoms with Gasteiger partial charge in [0.15, 0.2) is 0 Å². The van der Waals surface area contributed by atoms with E-state index in [-0.39, 0.29) is 0 Å². The van der Waals surface area contributed by atoms with Crippen LogP contribution in [0.25, 0.3) is 0 Å². The Morgan fingerprint density at radius 3 is 1.57 bits per heavy atom. The van der Waals surface area contributed by atoms with Gasteiger partial charge in [-0.3, -0.25) is 0 Å². The second-order valence-electron chi connectivity index (χ2n) is 10.4. The van der Waals surface area contributed by atoms with Crippen molar-refractivity contribution in [1.82, 2.24) is 0 Å². The van der Waals surface area contributed by atoms with E-state index in [9.17, 15) is 4.79 Å². The SMILES string of the molecule is CCCCCCC(B1OC(C)(C)C(C)(C)O1)=C(B1OC(C)(C)C(C)(C)O1)C(=O)OC. The van der Waals surface area contributed by atoms with Crippen LogP contribution in [0.3, 0.4) is 0 Å². The zero-order chi connectivity index (χ0) is 23.0. The molecule has 170 valence electrons.